The fourth-order valence-electron chi connectivity index (χ4n) is 12.8. The first kappa shape index (κ1) is 38.6. The van der Waals surface area contributed by atoms with E-state index in [2.05, 4.69) is 91.9 Å². The Kier molecular flexibility index (Phi) is 9.26. The van der Waals surface area contributed by atoms with Gasteiger partial charge in [0.25, 0.3) is 0 Å². The monoisotopic (exact) mass is 730 g/mol. The number of rotatable bonds is 8. The van der Waals surface area contributed by atoms with Crippen LogP contribution in [0.5, 0.6) is 0 Å². The summed E-state index contributed by atoms with van der Waals surface area (Å²) in [5.41, 5.74) is 7.43. The molecule has 5 aliphatic rings. The minimum Gasteiger partial charge on any atom is -0.481 e. The number of hydrogen-bond acceptors (Lipinski definition) is 7. The molecule has 1 aliphatic heterocycles. The van der Waals surface area contributed by atoms with Gasteiger partial charge in [0.1, 0.15) is 6.33 Å². The van der Waals surface area contributed by atoms with Crippen molar-refractivity contribution in [3.63, 3.8) is 0 Å². The molecule has 3 N–H and O–H groups in total. The zero-order valence-electron chi connectivity index (χ0n) is 34.4. The number of carboxylic acid groups (broad SMARTS) is 1. The maximum atomic E-state index is 13.6. The van der Waals surface area contributed by atoms with Crippen LogP contribution in [0.2, 0.25) is 0 Å². The third-order valence-electron chi connectivity index (χ3n) is 17.2. The summed E-state index contributed by atoms with van der Waals surface area (Å²) in [6, 6.07) is 3.89. The molecule has 12 atom stereocenters. The zero-order valence-corrected chi connectivity index (χ0v) is 34.4. The summed E-state index contributed by atoms with van der Waals surface area (Å²) in [7, 11) is 0. The van der Waals surface area contributed by atoms with Crippen LogP contribution in [-0.4, -0.2) is 62.3 Å². The molecule has 292 valence electrons. The molecular weight excluding hydrogens is 663 g/mol. The minimum absolute atomic E-state index is 0.115. The number of allylic oxidation sites excluding steroid dienone is 1. The number of pyridine rings is 1. The van der Waals surface area contributed by atoms with Crippen molar-refractivity contribution < 1.29 is 19.4 Å². The molecule has 3 heterocycles. The summed E-state index contributed by atoms with van der Waals surface area (Å²) in [5.74, 6) is 1.12. The summed E-state index contributed by atoms with van der Waals surface area (Å²) in [4.78, 5) is 22.7. The number of aromatic nitrogens is 4. The van der Waals surface area contributed by atoms with E-state index in [1.54, 1.807) is 6.33 Å². The molecule has 2 aromatic heterocycles. The second-order valence-electron chi connectivity index (χ2n) is 20.8. The van der Waals surface area contributed by atoms with E-state index in [-0.39, 0.29) is 50.6 Å². The van der Waals surface area contributed by atoms with Crippen molar-refractivity contribution in [3.05, 3.63) is 42.5 Å². The topological polar surface area (TPSA) is 125 Å². The smallest absolute Gasteiger partial charge is 0.307 e. The van der Waals surface area contributed by atoms with Gasteiger partial charge in [-0.15, -0.1) is 0 Å². The van der Waals surface area contributed by atoms with E-state index in [4.69, 9.17) is 25.3 Å². The largest absolute Gasteiger partial charge is 0.481 e. The Morgan fingerprint density at radius 1 is 1.06 bits per heavy atom. The van der Waals surface area contributed by atoms with E-state index in [1.807, 2.05) is 24.5 Å². The Hall–Kier alpha value is -2.62. The molecule has 3 saturated carbocycles. The highest BCUT2D eigenvalue weighted by Crippen LogP contribution is 2.75. The molecule has 9 nitrogen and oxygen atoms in total. The van der Waals surface area contributed by atoms with E-state index < -0.39 is 17.4 Å². The van der Waals surface area contributed by atoms with Crippen molar-refractivity contribution in [2.45, 2.75) is 132 Å². The van der Waals surface area contributed by atoms with Crippen molar-refractivity contribution in [2.24, 2.45) is 67.8 Å². The number of ether oxygens (including phenoxy) is 2. The maximum Gasteiger partial charge on any atom is 0.307 e. The quantitative estimate of drug-likeness (QED) is 0.259. The minimum atomic E-state index is -0.625. The Balaban J connectivity index is 1.35. The predicted octanol–water partition coefficient (Wildman–Crippen LogP) is 8.62. The number of carboxylic acids is 1. The van der Waals surface area contributed by atoms with Crippen molar-refractivity contribution >= 4 is 5.97 Å². The van der Waals surface area contributed by atoms with E-state index in [1.165, 1.54) is 5.57 Å². The van der Waals surface area contributed by atoms with Gasteiger partial charge >= 0.3 is 5.97 Å². The van der Waals surface area contributed by atoms with Gasteiger partial charge in [0, 0.05) is 34.3 Å². The first-order valence-corrected chi connectivity index (χ1v) is 20.4. The van der Waals surface area contributed by atoms with Crippen LogP contribution in [0.25, 0.3) is 11.4 Å². The first-order valence-electron chi connectivity index (χ1n) is 20.4. The van der Waals surface area contributed by atoms with Gasteiger partial charge in [0.15, 0.2) is 5.82 Å². The van der Waals surface area contributed by atoms with Crippen molar-refractivity contribution in [2.75, 3.05) is 19.8 Å². The van der Waals surface area contributed by atoms with Gasteiger partial charge in [-0.1, -0.05) is 80.9 Å². The standard InChI is InChI=1S/C44H67N5O4/c1-27(2)28(3)39(7)18-19-41(9)30-12-13-33-40(8)23-52-25-44(33,31(30)14-17-42(41,10)34(39)37(50)51)22-32(35(40)53-24-43(11,45)38(4,5)6)49-36(47-26-48-49)29-15-20-46-21-16-29/h14-16,20-21,26-28,30,32-35H,12-13,17-19,22-25,45H2,1-11H3,(H,50,51)/t28-,30+,32-,33+,34?,35+,39-,40-,41-,42+,43?,44+/m1/s1. The first-order chi connectivity index (χ1) is 24.7. The highest BCUT2D eigenvalue weighted by Gasteiger charge is 2.72. The normalized spacial score (nSPS) is 41.4. The molecule has 4 aliphatic carbocycles. The maximum absolute atomic E-state index is 13.6. The molecule has 0 spiro atoms. The van der Waals surface area contributed by atoms with Crippen LogP contribution in [0.1, 0.15) is 121 Å². The zero-order chi connectivity index (χ0) is 38.6. The van der Waals surface area contributed by atoms with Gasteiger partial charge in [0.2, 0.25) is 0 Å². The Morgan fingerprint density at radius 2 is 1.75 bits per heavy atom. The Labute approximate surface area is 318 Å². The lowest BCUT2D eigenvalue weighted by Gasteiger charge is -2.71. The van der Waals surface area contributed by atoms with Gasteiger partial charge in [-0.05, 0) is 103 Å². The number of fused-ring (bicyclic) bond motifs is 3. The average Bonchev–Trinajstić information content (AvgIpc) is 3.57. The van der Waals surface area contributed by atoms with Crippen molar-refractivity contribution in [1.29, 1.82) is 0 Å². The van der Waals surface area contributed by atoms with Gasteiger partial charge in [-0.2, -0.15) is 5.10 Å². The molecule has 0 radical (unpaired) electrons. The fourth-order valence-corrected chi connectivity index (χ4v) is 12.8. The van der Waals surface area contributed by atoms with Crippen LogP contribution in [0, 0.1) is 62.1 Å². The van der Waals surface area contributed by atoms with Gasteiger partial charge < -0.3 is 20.3 Å². The SMILES string of the molecule is CC(C)[C@@H](C)[C@@]1(C)CC[C@]2(C)[C@H]3CC[C@@H]4[C@@]5(COC[C@@]4(C)[C@@H](OCC(C)(N)C(C)(C)C)[C@H](n4ncnc4-c4ccncc4)C5)C3=CC[C@@]2(C)C1C(=O)O. The number of nitrogens with zero attached hydrogens (tertiary/aromatic N) is 4. The number of hydrogen-bond donors (Lipinski definition) is 2. The lowest BCUT2D eigenvalue weighted by atomic mass is 9.34. The van der Waals surface area contributed by atoms with Crippen LogP contribution >= 0.6 is 0 Å². The number of aliphatic carboxylic acids is 1. The Bertz CT molecular complexity index is 1730. The summed E-state index contributed by atoms with van der Waals surface area (Å²) in [5, 5.41) is 16.1. The molecule has 0 aromatic carbocycles. The highest BCUT2D eigenvalue weighted by molar-refractivity contribution is 5.73. The van der Waals surface area contributed by atoms with Crippen LogP contribution in [0.15, 0.2) is 42.5 Å². The van der Waals surface area contributed by atoms with E-state index in [9.17, 15) is 9.90 Å². The van der Waals surface area contributed by atoms with Crippen LogP contribution in [0.4, 0.5) is 0 Å². The second-order valence-corrected chi connectivity index (χ2v) is 20.8. The molecule has 4 fully saturated rings. The predicted molar refractivity (Wildman–Crippen MR) is 208 cm³/mol. The lowest BCUT2D eigenvalue weighted by Crippen LogP contribution is -2.69. The van der Waals surface area contributed by atoms with Crippen LogP contribution in [-0.2, 0) is 14.3 Å². The highest BCUT2D eigenvalue weighted by atomic mass is 16.5. The molecule has 2 bridgehead atoms. The third-order valence-corrected chi connectivity index (χ3v) is 17.2. The number of carbonyl (C=O) groups is 1. The summed E-state index contributed by atoms with van der Waals surface area (Å²) in [6.07, 6.45) is 13.3. The van der Waals surface area contributed by atoms with E-state index >= 15 is 0 Å². The molecule has 7 rings (SSSR count). The summed E-state index contributed by atoms with van der Waals surface area (Å²) >= 11 is 0. The third kappa shape index (κ3) is 5.47. The van der Waals surface area contributed by atoms with Crippen LogP contribution < -0.4 is 5.73 Å². The Morgan fingerprint density at radius 3 is 2.40 bits per heavy atom. The van der Waals surface area contributed by atoms with E-state index in [0.717, 1.165) is 49.9 Å². The average molecular weight is 730 g/mol. The van der Waals surface area contributed by atoms with Gasteiger partial charge in [0.05, 0.1) is 37.9 Å². The molecule has 9 heteroatoms. The molecule has 2 aromatic rings. The van der Waals surface area contributed by atoms with Gasteiger partial charge in [-0.25, -0.2) is 9.67 Å². The molecule has 2 unspecified atom stereocenters. The summed E-state index contributed by atoms with van der Waals surface area (Å²) in [6.45, 7) is 26.6. The van der Waals surface area contributed by atoms with Crippen molar-refractivity contribution in [1.82, 2.24) is 19.7 Å². The number of nitrogens with two attached hydrogens (primary N) is 1. The molecular formula is C44H67N5O4. The molecule has 0 amide bonds. The fraction of sp³-hybridized carbons (Fsp3) is 0.773. The van der Waals surface area contributed by atoms with Crippen LogP contribution in [0.3, 0.4) is 0 Å². The summed E-state index contributed by atoms with van der Waals surface area (Å²) < 4.78 is 16.1. The van der Waals surface area contributed by atoms with Crippen molar-refractivity contribution in [3.8, 4) is 11.4 Å². The lowest BCUT2D eigenvalue weighted by molar-refractivity contribution is -0.253. The molecule has 53 heavy (non-hydrogen) atoms. The second kappa shape index (κ2) is 12.7. The molecule has 1 saturated heterocycles. The van der Waals surface area contributed by atoms with Gasteiger partial charge in [-0.3, -0.25) is 9.78 Å². The van der Waals surface area contributed by atoms with E-state index in [0.29, 0.717) is 37.6 Å².